The van der Waals surface area contributed by atoms with Crippen molar-refractivity contribution in [3.63, 3.8) is 0 Å². The molecule has 1 aromatic rings. The van der Waals surface area contributed by atoms with Crippen molar-refractivity contribution in [2.45, 2.75) is 70.6 Å². The number of rotatable bonds is 6. The molecule has 0 aromatic carbocycles. The molecule has 2 heterocycles. The first-order chi connectivity index (χ1) is 12.2. The van der Waals surface area contributed by atoms with E-state index in [0.717, 1.165) is 25.1 Å². The van der Waals surface area contributed by atoms with E-state index >= 15 is 0 Å². The lowest BCUT2D eigenvalue weighted by molar-refractivity contribution is 0.0682. The van der Waals surface area contributed by atoms with Crippen molar-refractivity contribution in [2.75, 3.05) is 13.2 Å². The molecule has 142 valence electrons. The van der Waals surface area contributed by atoms with Crippen LogP contribution in [0.3, 0.4) is 0 Å². The summed E-state index contributed by atoms with van der Waals surface area (Å²) >= 11 is 0. The number of amides is 1. The highest BCUT2D eigenvalue weighted by Crippen LogP contribution is 2.37. The normalized spacial score (nSPS) is 18.0. The molecule has 1 aliphatic rings. The van der Waals surface area contributed by atoms with Crippen molar-refractivity contribution < 1.29 is 9.22 Å². The van der Waals surface area contributed by atoms with E-state index in [0.29, 0.717) is 25.0 Å². The van der Waals surface area contributed by atoms with Gasteiger partial charge in [-0.05, 0) is 43.1 Å². The van der Waals surface area contributed by atoms with Crippen LogP contribution in [0.5, 0.6) is 0 Å². The molecule has 0 radical (unpaired) electrons. The van der Waals surface area contributed by atoms with E-state index in [9.17, 15) is 4.79 Å². The van der Waals surface area contributed by atoms with Gasteiger partial charge in [0.25, 0.3) is 5.91 Å². The second-order valence-electron chi connectivity index (χ2n) is 8.52. The molecule has 1 saturated heterocycles. The smallest absolute Gasteiger partial charge is 0.256 e. The fraction of sp³-hybridized carbons (Fsp3) is 0.650. The van der Waals surface area contributed by atoms with E-state index in [1.54, 1.807) is 12.3 Å². The lowest BCUT2D eigenvalue weighted by Crippen LogP contribution is -2.46. The molecule has 0 saturated carbocycles. The van der Waals surface area contributed by atoms with Crippen LogP contribution in [0.2, 0.25) is 18.1 Å². The number of likely N-dealkylation sites (tertiary alicyclic amines) is 1. The SMILES string of the molecule is CC(C)(C)[Si](C)(C)OC[C@@H]1CCCN1C(=O)c1cccnc1CCC#N. The molecule has 0 aliphatic carbocycles. The Kier molecular flexibility index (Phi) is 6.59. The summed E-state index contributed by atoms with van der Waals surface area (Å²) in [4.78, 5) is 19.4. The number of pyridine rings is 1. The van der Waals surface area contributed by atoms with Gasteiger partial charge in [-0.15, -0.1) is 0 Å². The Bertz CT molecular complexity index is 676. The minimum atomic E-state index is -1.83. The summed E-state index contributed by atoms with van der Waals surface area (Å²) in [5, 5.41) is 9.00. The average Bonchev–Trinajstić information content (AvgIpc) is 3.05. The standard InChI is InChI=1S/C20H31N3O2Si/c1-20(2,3)26(4,5)25-15-16-9-8-14-23(16)19(24)17-10-7-13-22-18(17)11-6-12-21/h7,10,13,16H,6,8-9,11,14-15H2,1-5H3/t16-/m0/s1. The number of hydrogen-bond donors (Lipinski definition) is 0. The van der Waals surface area contributed by atoms with Crippen LogP contribution < -0.4 is 0 Å². The fourth-order valence-electron chi connectivity index (χ4n) is 2.96. The highest BCUT2D eigenvalue weighted by Gasteiger charge is 2.39. The lowest BCUT2D eigenvalue weighted by Gasteiger charge is -2.38. The molecule has 1 atom stereocenters. The summed E-state index contributed by atoms with van der Waals surface area (Å²) in [6, 6.07) is 5.87. The minimum absolute atomic E-state index is 0.0207. The van der Waals surface area contributed by atoms with E-state index in [4.69, 9.17) is 9.69 Å². The van der Waals surface area contributed by atoms with Gasteiger partial charge in [0.05, 0.1) is 30.0 Å². The Morgan fingerprint density at radius 3 is 2.85 bits per heavy atom. The number of aryl methyl sites for hydroxylation is 1. The molecular weight excluding hydrogens is 342 g/mol. The quantitative estimate of drug-likeness (QED) is 0.702. The van der Waals surface area contributed by atoms with Crippen LogP contribution in [0.25, 0.3) is 0 Å². The number of hydrogen-bond acceptors (Lipinski definition) is 4. The van der Waals surface area contributed by atoms with Crippen molar-refractivity contribution in [2.24, 2.45) is 0 Å². The van der Waals surface area contributed by atoms with Gasteiger partial charge in [-0.2, -0.15) is 5.26 Å². The Morgan fingerprint density at radius 1 is 1.46 bits per heavy atom. The summed E-state index contributed by atoms with van der Waals surface area (Å²) in [7, 11) is -1.83. The largest absolute Gasteiger partial charge is 0.415 e. The first-order valence-corrected chi connectivity index (χ1v) is 12.3. The van der Waals surface area contributed by atoms with Gasteiger partial charge in [-0.1, -0.05) is 20.8 Å². The Labute approximate surface area is 158 Å². The van der Waals surface area contributed by atoms with E-state index in [1.165, 1.54) is 0 Å². The van der Waals surface area contributed by atoms with Gasteiger partial charge in [0.2, 0.25) is 0 Å². The Balaban J connectivity index is 2.11. The van der Waals surface area contributed by atoms with Gasteiger partial charge in [-0.25, -0.2) is 0 Å². The zero-order valence-corrected chi connectivity index (χ0v) is 17.7. The number of nitrogens with zero attached hydrogens (tertiary/aromatic N) is 3. The summed E-state index contributed by atoms with van der Waals surface area (Å²) < 4.78 is 6.38. The van der Waals surface area contributed by atoms with Crippen LogP contribution >= 0.6 is 0 Å². The molecule has 1 aromatic heterocycles. The first-order valence-electron chi connectivity index (χ1n) is 9.43. The molecular formula is C20H31N3O2Si. The molecule has 0 bridgehead atoms. The first kappa shape index (κ1) is 20.6. The van der Waals surface area contributed by atoms with Gasteiger partial charge in [0, 0.05) is 25.6 Å². The summed E-state index contributed by atoms with van der Waals surface area (Å²) in [5.74, 6) is 0.0207. The molecule has 0 N–H and O–H groups in total. The second kappa shape index (κ2) is 8.32. The van der Waals surface area contributed by atoms with Crippen LogP contribution in [0.1, 0.15) is 56.1 Å². The van der Waals surface area contributed by atoms with Crippen molar-refractivity contribution in [3.05, 3.63) is 29.6 Å². The highest BCUT2D eigenvalue weighted by atomic mass is 28.4. The maximum atomic E-state index is 13.1. The molecule has 2 rings (SSSR count). The van der Waals surface area contributed by atoms with Crippen molar-refractivity contribution in [1.82, 2.24) is 9.88 Å². The maximum Gasteiger partial charge on any atom is 0.256 e. The van der Waals surface area contributed by atoms with Gasteiger partial charge >= 0.3 is 0 Å². The highest BCUT2D eigenvalue weighted by molar-refractivity contribution is 6.74. The number of aromatic nitrogens is 1. The molecule has 6 heteroatoms. The topological polar surface area (TPSA) is 66.2 Å². The van der Waals surface area contributed by atoms with E-state index in [2.05, 4.69) is 44.9 Å². The average molecular weight is 374 g/mol. The zero-order chi connectivity index (χ0) is 19.4. The van der Waals surface area contributed by atoms with Crippen molar-refractivity contribution in [3.8, 4) is 6.07 Å². The predicted octanol–water partition coefficient (Wildman–Crippen LogP) is 4.16. The summed E-state index contributed by atoms with van der Waals surface area (Å²) in [6.07, 6.45) is 4.55. The number of nitriles is 1. The van der Waals surface area contributed by atoms with E-state index < -0.39 is 8.32 Å². The van der Waals surface area contributed by atoms with E-state index in [1.807, 2.05) is 11.0 Å². The van der Waals surface area contributed by atoms with Gasteiger partial charge in [0.1, 0.15) is 0 Å². The molecule has 1 fully saturated rings. The molecule has 1 aliphatic heterocycles. The fourth-order valence-corrected chi connectivity index (χ4v) is 4.00. The Hall–Kier alpha value is -1.71. The number of carbonyl (C=O) groups excluding carboxylic acids is 1. The van der Waals surface area contributed by atoms with E-state index in [-0.39, 0.29) is 17.0 Å². The number of carbonyl (C=O) groups is 1. The predicted molar refractivity (Wildman–Crippen MR) is 105 cm³/mol. The lowest BCUT2D eigenvalue weighted by atomic mass is 10.1. The molecule has 0 spiro atoms. The zero-order valence-electron chi connectivity index (χ0n) is 16.7. The maximum absolute atomic E-state index is 13.1. The van der Waals surface area contributed by atoms with Gasteiger partial charge < -0.3 is 9.33 Å². The van der Waals surface area contributed by atoms with Crippen molar-refractivity contribution in [1.29, 1.82) is 5.26 Å². The van der Waals surface area contributed by atoms with Crippen LogP contribution in [0, 0.1) is 11.3 Å². The molecule has 26 heavy (non-hydrogen) atoms. The Morgan fingerprint density at radius 2 is 2.19 bits per heavy atom. The molecule has 5 nitrogen and oxygen atoms in total. The minimum Gasteiger partial charge on any atom is -0.415 e. The van der Waals surface area contributed by atoms with Crippen LogP contribution in [-0.2, 0) is 10.8 Å². The third kappa shape index (κ3) is 4.71. The van der Waals surface area contributed by atoms with Crippen LogP contribution in [0.4, 0.5) is 0 Å². The van der Waals surface area contributed by atoms with Crippen LogP contribution in [-0.4, -0.2) is 43.3 Å². The molecule has 1 amide bonds. The third-order valence-electron chi connectivity index (χ3n) is 5.67. The summed E-state index contributed by atoms with van der Waals surface area (Å²) in [5.41, 5.74) is 1.34. The summed E-state index contributed by atoms with van der Waals surface area (Å²) in [6.45, 7) is 12.5. The second-order valence-corrected chi connectivity index (χ2v) is 13.3. The van der Waals surface area contributed by atoms with Gasteiger partial charge in [-0.3, -0.25) is 9.78 Å². The third-order valence-corrected chi connectivity index (χ3v) is 10.2. The molecule has 0 unspecified atom stereocenters. The monoisotopic (exact) mass is 373 g/mol. The van der Waals surface area contributed by atoms with Crippen LogP contribution in [0.15, 0.2) is 18.3 Å². The van der Waals surface area contributed by atoms with Crippen molar-refractivity contribution >= 4 is 14.2 Å². The van der Waals surface area contributed by atoms with Gasteiger partial charge in [0.15, 0.2) is 8.32 Å².